The molecule has 1 aromatic carbocycles. The standard InChI is InChI=1S/C12H14O2/c1-8-3-4-9-7-10(14-2)5-6-11(9)12(8)13/h3-8,12-13H,1-2H3. The van der Waals surface area contributed by atoms with Crippen LogP contribution in [0.5, 0.6) is 5.75 Å². The van der Waals surface area contributed by atoms with Gasteiger partial charge in [0.05, 0.1) is 13.2 Å². The topological polar surface area (TPSA) is 29.5 Å². The fraction of sp³-hybridized carbons (Fsp3) is 0.333. The molecule has 0 saturated carbocycles. The maximum atomic E-state index is 9.90. The molecule has 0 fully saturated rings. The number of methoxy groups -OCH3 is 1. The molecule has 2 heteroatoms. The van der Waals surface area contributed by atoms with Crippen molar-refractivity contribution in [1.29, 1.82) is 0 Å². The molecule has 2 nitrogen and oxygen atoms in total. The van der Waals surface area contributed by atoms with Crippen molar-refractivity contribution in [1.82, 2.24) is 0 Å². The van der Waals surface area contributed by atoms with Gasteiger partial charge in [-0.1, -0.05) is 25.1 Å². The smallest absolute Gasteiger partial charge is 0.119 e. The quantitative estimate of drug-likeness (QED) is 0.736. The zero-order valence-electron chi connectivity index (χ0n) is 8.40. The van der Waals surface area contributed by atoms with E-state index in [-0.39, 0.29) is 12.0 Å². The fourth-order valence-corrected chi connectivity index (χ4v) is 1.74. The number of aliphatic hydroxyl groups is 1. The summed E-state index contributed by atoms with van der Waals surface area (Å²) in [6.07, 6.45) is 3.67. The third-order valence-corrected chi connectivity index (χ3v) is 2.69. The Bertz CT molecular complexity index is 369. The lowest BCUT2D eigenvalue weighted by Gasteiger charge is -2.22. The first kappa shape index (κ1) is 9.28. The van der Waals surface area contributed by atoms with Crippen molar-refractivity contribution >= 4 is 6.08 Å². The Kier molecular flexibility index (Phi) is 2.30. The number of ether oxygens (including phenoxy) is 1. The summed E-state index contributed by atoms with van der Waals surface area (Å²) >= 11 is 0. The summed E-state index contributed by atoms with van der Waals surface area (Å²) in [5.74, 6) is 1.02. The van der Waals surface area contributed by atoms with Gasteiger partial charge in [0.15, 0.2) is 0 Å². The van der Waals surface area contributed by atoms with Gasteiger partial charge in [-0.05, 0) is 23.3 Å². The summed E-state index contributed by atoms with van der Waals surface area (Å²) < 4.78 is 5.13. The number of rotatable bonds is 1. The second-order valence-corrected chi connectivity index (χ2v) is 3.66. The van der Waals surface area contributed by atoms with E-state index in [1.165, 1.54) is 0 Å². The first-order chi connectivity index (χ1) is 6.72. The van der Waals surface area contributed by atoms with Crippen LogP contribution in [0.4, 0.5) is 0 Å². The van der Waals surface area contributed by atoms with Crippen molar-refractivity contribution in [2.45, 2.75) is 13.0 Å². The summed E-state index contributed by atoms with van der Waals surface area (Å²) in [5.41, 5.74) is 2.04. The minimum absolute atomic E-state index is 0.191. The number of aliphatic hydroxyl groups excluding tert-OH is 1. The summed E-state index contributed by atoms with van der Waals surface area (Å²) in [6, 6.07) is 5.76. The molecule has 0 heterocycles. The van der Waals surface area contributed by atoms with Crippen molar-refractivity contribution < 1.29 is 9.84 Å². The van der Waals surface area contributed by atoms with Crippen molar-refractivity contribution in [3.05, 3.63) is 35.4 Å². The van der Waals surface area contributed by atoms with E-state index in [1.54, 1.807) is 7.11 Å². The van der Waals surface area contributed by atoms with E-state index < -0.39 is 0 Å². The molecule has 0 aliphatic heterocycles. The molecule has 14 heavy (non-hydrogen) atoms. The van der Waals surface area contributed by atoms with E-state index in [9.17, 15) is 5.11 Å². The lowest BCUT2D eigenvalue weighted by atomic mass is 9.88. The molecule has 0 radical (unpaired) electrons. The van der Waals surface area contributed by atoms with Gasteiger partial charge in [0.2, 0.25) is 0 Å². The normalized spacial score (nSPS) is 24.5. The van der Waals surface area contributed by atoms with Gasteiger partial charge in [0.1, 0.15) is 5.75 Å². The SMILES string of the molecule is COc1ccc2c(c1)C=CC(C)C2O. The maximum Gasteiger partial charge on any atom is 0.119 e. The van der Waals surface area contributed by atoms with Crippen LogP contribution in [0.1, 0.15) is 24.2 Å². The Morgan fingerprint density at radius 3 is 2.86 bits per heavy atom. The second kappa shape index (κ2) is 3.46. The Morgan fingerprint density at radius 1 is 1.36 bits per heavy atom. The van der Waals surface area contributed by atoms with E-state index in [2.05, 4.69) is 0 Å². The zero-order chi connectivity index (χ0) is 10.1. The van der Waals surface area contributed by atoms with Crippen LogP contribution in [0.25, 0.3) is 6.08 Å². The van der Waals surface area contributed by atoms with Gasteiger partial charge in [-0.2, -0.15) is 0 Å². The van der Waals surface area contributed by atoms with Crippen molar-refractivity contribution in [2.24, 2.45) is 5.92 Å². The molecule has 2 atom stereocenters. The van der Waals surface area contributed by atoms with Gasteiger partial charge in [-0.25, -0.2) is 0 Å². The van der Waals surface area contributed by atoms with E-state index >= 15 is 0 Å². The minimum atomic E-state index is -0.388. The van der Waals surface area contributed by atoms with Gasteiger partial charge in [-0.15, -0.1) is 0 Å². The first-order valence-electron chi connectivity index (χ1n) is 4.76. The molecule has 0 saturated heterocycles. The van der Waals surface area contributed by atoms with E-state index in [1.807, 2.05) is 37.3 Å². The van der Waals surface area contributed by atoms with Gasteiger partial charge in [-0.3, -0.25) is 0 Å². The first-order valence-corrected chi connectivity index (χ1v) is 4.76. The average molecular weight is 190 g/mol. The molecule has 2 rings (SSSR count). The molecule has 1 aromatic rings. The zero-order valence-corrected chi connectivity index (χ0v) is 8.40. The van der Waals surface area contributed by atoms with E-state index in [4.69, 9.17) is 4.74 Å². The van der Waals surface area contributed by atoms with Crippen LogP contribution in [-0.4, -0.2) is 12.2 Å². The minimum Gasteiger partial charge on any atom is -0.497 e. The summed E-state index contributed by atoms with van der Waals surface area (Å²) in [6.45, 7) is 2.01. The summed E-state index contributed by atoms with van der Waals surface area (Å²) in [4.78, 5) is 0. The molecule has 2 unspecified atom stereocenters. The summed E-state index contributed by atoms with van der Waals surface area (Å²) in [7, 11) is 1.65. The molecule has 0 spiro atoms. The third kappa shape index (κ3) is 1.42. The molecular weight excluding hydrogens is 176 g/mol. The van der Waals surface area contributed by atoms with Crippen LogP contribution in [-0.2, 0) is 0 Å². The highest BCUT2D eigenvalue weighted by molar-refractivity contribution is 5.59. The van der Waals surface area contributed by atoms with Gasteiger partial charge >= 0.3 is 0 Å². The lowest BCUT2D eigenvalue weighted by Crippen LogP contribution is -2.11. The molecule has 0 amide bonds. The lowest BCUT2D eigenvalue weighted by molar-refractivity contribution is 0.138. The second-order valence-electron chi connectivity index (χ2n) is 3.66. The summed E-state index contributed by atoms with van der Waals surface area (Å²) in [5, 5.41) is 9.90. The van der Waals surface area contributed by atoms with Crippen LogP contribution < -0.4 is 4.74 Å². The third-order valence-electron chi connectivity index (χ3n) is 2.69. The number of benzene rings is 1. The molecule has 74 valence electrons. The molecule has 1 N–H and O–H groups in total. The monoisotopic (exact) mass is 190 g/mol. The molecule has 1 aliphatic carbocycles. The highest BCUT2D eigenvalue weighted by atomic mass is 16.5. The van der Waals surface area contributed by atoms with Gasteiger partial charge in [0.25, 0.3) is 0 Å². The van der Waals surface area contributed by atoms with Crippen molar-refractivity contribution in [3.8, 4) is 5.75 Å². The Labute approximate surface area is 83.8 Å². The maximum absolute atomic E-state index is 9.90. The molecule has 0 bridgehead atoms. The number of hydrogen-bond donors (Lipinski definition) is 1. The molecule has 1 aliphatic rings. The van der Waals surface area contributed by atoms with Crippen molar-refractivity contribution in [3.63, 3.8) is 0 Å². The Balaban J connectivity index is 2.46. The van der Waals surface area contributed by atoms with Crippen LogP contribution >= 0.6 is 0 Å². The van der Waals surface area contributed by atoms with Crippen molar-refractivity contribution in [2.75, 3.05) is 7.11 Å². The molecular formula is C12H14O2. The highest BCUT2D eigenvalue weighted by Crippen LogP contribution is 2.33. The Hall–Kier alpha value is -1.28. The van der Waals surface area contributed by atoms with Crippen LogP contribution in [0.2, 0.25) is 0 Å². The fourth-order valence-electron chi connectivity index (χ4n) is 1.74. The molecule has 0 aromatic heterocycles. The largest absolute Gasteiger partial charge is 0.497 e. The van der Waals surface area contributed by atoms with Gasteiger partial charge < -0.3 is 9.84 Å². The van der Waals surface area contributed by atoms with Crippen LogP contribution in [0.15, 0.2) is 24.3 Å². The number of hydrogen-bond acceptors (Lipinski definition) is 2. The number of fused-ring (bicyclic) bond motifs is 1. The average Bonchev–Trinajstić information content (AvgIpc) is 2.23. The Morgan fingerprint density at radius 2 is 2.14 bits per heavy atom. The van der Waals surface area contributed by atoms with E-state index in [0.717, 1.165) is 16.9 Å². The van der Waals surface area contributed by atoms with E-state index in [0.29, 0.717) is 0 Å². The predicted octanol–water partition coefficient (Wildman–Crippen LogP) is 2.39. The predicted molar refractivity (Wildman–Crippen MR) is 56.2 cm³/mol. The van der Waals surface area contributed by atoms with Crippen LogP contribution in [0, 0.1) is 5.92 Å². The van der Waals surface area contributed by atoms with Gasteiger partial charge in [0, 0.05) is 5.92 Å². The highest BCUT2D eigenvalue weighted by Gasteiger charge is 2.20. The van der Waals surface area contributed by atoms with Crippen LogP contribution in [0.3, 0.4) is 0 Å².